The topological polar surface area (TPSA) is 9.23 Å². The lowest BCUT2D eigenvalue weighted by Gasteiger charge is -2.39. The molecule has 0 amide bonds. The fourth-order valence-electron chi connectivity index (χ4n) is 2.38. The van der Waals surface area contributed by atoms with Gasteiger partial charge in [-0.25, -0.2) is 4.39 Å². The van der Waals surface area contributed by atoms with Crippen molar-refractivity contribution in [3.8, 4) is 0 Å². The Balaban J connectivity index is 2.48. The van der Waals surface area contributed by atoms with E-state index in [2.05, 4.69) is 20.8 Å². The minimum Gasteiger partial charge on any atom is -0.373 e. The van der Waals surface area contributed by atoms with Crippen LogP contribution < -0.4 is 0 Å². The van der Waals surface area contributed by atoms with Gasteiger partial charge in [0, 0.05) is 0 Å². The maximum absolute atomic E-state index is 13.9. The Labute approximate surface area is 93.4 Å². The molecule has 3 unspecified atom stereocenters. The Morgan fingerprint density at radius 2 is 1.80 bits per heavy atom. The van der Waals surface area contributed by atoms with Crippen molar-refractivity contribution in [3.63, 3.8) is 0 Å². The van der Waals surface area contributed by atoms with Crippen LogP contribution in [0.5, 0.6) is 0 Å². The highest BCUT2D eigenvalue weighted by molar-refractivity contribution is 4.86. The second kappa shape index (κ2) is 4.82. The monoisotopic (exact) mass is 216 g/mol. The number of halogens is 1. The Bertz CT molecular complexity index is 195. The van der Waals surface area contributed by atoms with E-state index in [1.165, 1.54) is 0 Å². The first-order valence-corrected chi connectivity index (χ1v) is 6.10. The molecule has 1 rings (SSSR count). The second-order valence-corrected chi connectivity index (χ2v) is 6.12. The molecular formula is C13H25FO. The van der Waals surface area contributed by atoms with Crippen LogP contribution in [0.25, 0.3) is 0 Å². The molecule has 0 bridgehead atoms. The summed E-state index contributed by atoms with van der Waals surface area (Å²) in [5.41, 5.74) is 0.229. The number of alkyl halides is 1. The number of rotatable bonds is 2. The van der Waals surface area contributed by atoms with E-state index in [0.717, 1.165) is 12.8 Å². The standard InChI is InChI=1S/C13H25FO/c1-9(2)15-12-7-6-10(8-11(12)14)13(3,4)5/h9-12H,6-8H2,1-5H3. The van der Waals surface area contributed by atoms with Crippen LogP contribution in [0.1, 0.15) is 53.9 Å². The molecular weight excluding hydrogens is 191 g/mol. The molecule has 0 N–H and O–H groups in total. The van der Waals surface area contributed by atoms with Crippen LogP contribution >= 0.6 is 0 Å². The molecule has 0 aliphatic heterocycles. The third kappa shape index (κ3) is 3.75. The molecule has 2 heteroatoms. The van der Waals surface area contributed by atoms with Crippen molar-refractivity contribution in [2.45, 2.75) is 72.3 Å². The average Bonchev–Trinajstić information content (AvgIpc) is 2.05. The van der Waals surface area contributed by atoms with Gasteiger partial charge in [0.1, 0.15) is 6.17 Å². The van der Waals surface area contributed by atoms with E-state index in [-0.39, 0.29) is 17.6 Å². The maximum Gasteiger partial charge on any atom is 0.126 e. The lowest BCUT2D eigenvalue weighted by Crippen LogP contribution is -2.38. The molecule has 1 aliphatic carbocycles. The summed E-state index contributed by atoms with van der Waals surface area (Å²) < 4.78 is 19.5. The third-order valence-corrected chi connectivity index (χ3v) is 3.38. The first-order valence-electron chi connectivity index (χ1n) is 6.10. The molecule has 1 nitrogen and oxygen atoms in total. The Hall–Kier alpha value is -0.110. The molecule has 1 saturated carbocycles. The van der Waals surface area contributed by atoms with Crippen molar-refractivity contribution in [3.05, 3.63) is 0 Å². The zero-order valence-corrected chi connectivity index (χ0v) is 10.7. The first-order chi connectivity index (χ1) is 6.80. The van der Waals surface area contributed by atoms with Crippen LogP contribution in [0.3, 0.4) is 0 Å². The van der Waals surface area contributed by atoms with E-state index in [1.54, 1.807) is 0 Å². The fourth-order valence-corrected chi connectivity index (χ4v) is 2.38. The summed E-state index contributed by atoms with van der Waals surface area (Å²) in [4.78, 5) is 0. The summed E-state index contributed by atoms with van der Waals surface area (Å²) in [6, 6.07) is 0. The van der Waals surface area contributed by atoms with E-state index in [1.807, 2.05) is 13.8 Å². The van der Waals surface area contributed by atoms with Crippen LogP contribution in [-0.2, 0) is 4.74 Å². The van der Waals surface area contributed by atoms with Gasteiger partial charge in [0.15, 0.2) is 0 Å². The highest BCUT2D eigenvalue weighted by Gasteiger charge is 2.36. The fraction of sp³-hybridized carbons (Fsp3) is 1.00. The van der Waals surface area contributed by atoms with E-state index >= 15 is 0 Å². The lowest BCUT2D eigenvalue weighted by molar-refractivity contribution is -0.0743. The first kappa shape index (κ1) is 13.0. The summed E-state index contributed by atoms with van der Waals surface area (Å²) >= 11 is 0. The highest BCUT2D eigenvalue weighted by Crippen LogP contribution is 2.39. The minimum absolute atomic E-state index is 0.138. The number of hydrogen-bond acceptors (Lipinski definition) is 1. The lowest BCUT2D eigenvalue weighted by atomic mass is 9.71. The van der Waals surface area contributed by atoms with Gasteiger partial charge in [0.25, 0.3) is 0 Å². The zero-order valence-electron chi connectivity index (χ0n) is 10.7. The summed E-state index contributed by atoms with van der Waals surface area (Å²) in [6.07, 6.45) is 1.84. The highest BCUT2D eigenvalue weighted by atomic mass is 19.1. The van der Waals surface area contributed by atoms with Crippen LogP contribution in [0.4, 0.5) is 4.39 Å². The van der Waals surface area contributed by atoms with Crippen molar-refractivity contribution in [2.75, 3.05) is 0 Å². The van der Waals surface area contributed by atoms with Crippen LogP contribution in [0.2, 0.25) is 0 Å². The summed E-state index contributed by atoms with van der Waals surface area (Å²) in [6.45, 7) is 10.6. The molecule has 15 heavy (non-hydrogen) atoms. The molecule has 0 aromatic carbocycles. The average molecular weight is 216 g/mol. The van der Waals surface area contributed by atoms with Crippen LogP contribution in [0.15, 0.2) is 0 Å². The molecule has 90 valence electrons. The van der Waals surface area contributed by atoms with Gasteiger partial charge in [-0.05, 0) is 44.4 Å². The Kier molecular flexibility index (Phi) is 4.16. The molecule has 1 aliphatic rings. The molecule has 0 aromatic heterocycles. The van der Waals surface area contributed by atoms with Gasteiger partial charge >= 0.3 is 0 Å². The number of ether oxygens (including phenoxy) is 1. The Morgan fingerprint density at radius 1 is 1.20 bits per heavy atom. The van der Waals surface area contributed by atoms with Crippen molar-refractivity contribution >= 4 is 0 Å². The maximum atomic E-state index is 13.9. The van der Waals surface area contributed by atoms with Crippen molar-refractivity contribution < 1.29 is 9.13 Å². The van der Waals surface area contributed by atoms with E-state index < -0.39 is 6.17 Å². The largest absolute Gasteiger partial charge is 0.373 e. The molecule has 3 atom stereocenters. The van der Waals surface area contributed by atoms with Crippen molar-refractivity contribution in [1.82, 2.24) is 0 Å². The molecule has 0 spiro atoms. The SMILES string of the molecule is CC(C)OC1CCC(C(C)(C)C)CC1F. The van der Waals surface area contributed by atoms with Crippen LogP contribution in [-0.4, -0.2) is 18.4 Å². The molecule has 0 radical (unpaired) electrons. The van der Waals surface area contributed by atoms with Gasteiger partial charge in [-0.2, -0.15) is 0 Å². The van der Waals surface area contributed by atoms with Crippen LogP contribution in [0, 0.1) is 11.3 Å². The van der Waals surface area contributed by atoms with Gasteiger partial charge in [-0.15, -0.1) is 0 Å². The smallest absolute Gasteiger partial charge is 0.126 e. The predicted molar refractivity (Wildman–Crippen MR) is 61.7 cm³/mol. The summed E-state index contributed by atoms with van der Waals surface area (Å²) in [5.74, 6) is 0.500. The zero-order chi connectivity index (χ0) is 11.6. The van der Waals surface area contributed by atoms with Gasteiger partial charge in [0.05, 0.1) is 12.2 Å². The Morgan fingerprint density at radius 3 is 2.20 bits per heavy atom. The van der Waals surface area contributed by atoms with Gasteiger partial charge in [-0.1, -0.05) is 20.8 Å². The summed E-state index contributed by atoms with van der Waals surface area (Å²) in [7, 11) is 0. The second-order valence-electron chi connectivity index (χ2n) is 6.12. The van der Waals surface area contributed by atoms with Gasteiger partial charge in [0.2, 0.25) is 0 Å². The summed E-state index contributed by atoms with van der Waals surface area (Å²) in [5, 5.41) is 0. The van der Waals surface area contributed by atoms with Crippen molar-refractivity contribution in [2.24, 2.45) is 11.3 Å². The predicted octanol–water partition coefficient (Wildman–Crippen LogP) is 3.96. The van der Waals surface area contributed by atoms with Crippen molar-refractivity contribution in [1.29, 1.82) is 0 Å². The minimum atomic E-state index is -0.773. The van der Waals surface area contributed by atoms with E-state index in [9.17, 15) is 4.39 Å². The number of hydrogen-bond donors (Lipinski definition) is 0. The van der Waals surface area contributed by atoms with Gasteiger partial charge < -0.3 is 4.74 Å². The van der Waals surface area contributed by atoms with E-state index in [0.29, 0.717) is 12.3 Å². The third-order valence-electron chi connectivity index (χ3n) is 3.38. The molecule has 0 saturated heterocycles. The van der Waals surface area contributed by atoms with E-state index in [4.69, 9.17) is 4.74 Å². The van der Waals surface area contributed by atoms with Gasteiger partial charge in [-0.3, -0.25) is 0 Å². The molecule has 0 aromatic rings. The molecule has 1 fully saturated rings. The molecule has 0 heterocycles. The normalized spacial score (nSPS) is 33.4. The quantitative estimate of drug-likeness (QED) is 0.678.